The molecule has 0 N–H and O–H groups in total. The molecule has 4 nitrogen and oxygen atoms in total. The van der Waals surface area contributed by atoms with Crippen LogP contribution in [-0.4, -0.2) is 19.9 Å². The maximum atomic E-state index is 4.49. The lowest BCUT2D eigenvalue weighted by molar-refractivity contribution is 0.510. The lowest BCUT2D eigenvalue weighted by Crippen LogP contribution is -2.22. The van der Waals surface area contributed by atoms with Gasteiger partial charge in [0.25, 0.3) is 0 Å². The number of aromatic nitrogens is 4. The monoisotopic (exact) mass is 270 g/mol. The highest BCUT2D eigenvalue weighted by molar-refractivity contribution is 5.21. The lowest BCUT2D eigenvalue weighted by atomic mass is 9.81. The Labute approximate surface area is 120 Å². The molecule has 4 heteroatoms. The summed E-state index contributed by atoms with van der Waals surface area (Å²) in [4.78, 5) is 17.2. The average Bonchev–Trinajstić information content (AvgIpc) is 2.39. The van der Waals surface area contributed by atoms with Crippen LogP contribution in [-0.2, 0) is 17.3 Å². The van der Waals surface area contributed by atoms with Crippen LogP contribution >= 0.6 is 0 Å². The number of nitrogens with zero attached hydrogens (tertiary/aromatic N) is 4. The van der Waals surface area contributed by atoms with Crippen LogP contribution < -0.4 is 0 Å². The molecule has 0 bridgehead atoms. The van der Waals surface area contributed by atoms with Gasteiger partial charge in [-0.05, 0) is 23.0 Å². The van der Waals surface area contributed by atoms with Crippen LogP contribution in [0, 0.1) is 0 Å². The highest BCUT2D eigenvalue weighted by Crippen LogP contribution is 2.26. The normalized spacial score (nSPS) is 12.4. The van der Waals surface area contributed by atoms with Gasteiger partial charge in [0.15, 0.2) is 0 Å². The maximum absolute atomic E-state index is 4.49. The number of hydrogen-bond acceptors (Lipinski definition) is 4. The summed E-state index contributed by atoms with van der Waals surface area (Å²) < 4.78 is 0. The minimum atomic E-state index is -0.0339. The third kappa shape index (κ3) is 3.38. The predicted octanol–water partition coefficient (Wildman–Crippen LogP) is 3.08. The standard InChI is InChI=1S/C16H22N4/c1-15(2,3)14-19-7-12(8-20-14)6-16(4,5)13-9-17-11-18-10-13/h7-11H,6H2,1-5H3. The van der Waals surface area contributed by atoms with E-state index < -0.39 is 0 Å². The summed E-state index contributed by atoms with van der Waals surface area (Å²) in [6.07, 6.45) is 10.0. The van der Waals surface area contributed by atoms with Crippen molar-refractivity contribution in [3.05, 3.63) is 48.1 Å². The zero-order chi connectivity index (χ0) is 14.8. The first-order chi connectivity index (χ1) is 9.29. The van der Waals surface area contributed by atoms with Crippen LogP contribution in [0.1, 0.15) is 51.6 Å². The topological polar surface area (TPSA) is 51.6 Å². The molecule has 106 valence electrons. The quantitative estimate of drug-likeness (QED) is 0.860. The first kappa shape index (κ1) is 14.6. The highest BCUT2D eigenvalue weighted by Gasteiger charge is 2.23. The van der Waals surface area contributed by atoms with Gasteiger partial charge in [0.1, 0.15) is 12.2 Å². The van der Waals surface area contributed by atoms with Crippen molar-refractivity contribution < 1.29 is 0 Å². The van der Waals surface area contributed by atoms with Crippen molar-refractivity contribution in [1.29, 1.82) is 0 Å². The van der Waals surface area contributed by atoms with Gasteiger partial charge in [-0.1, -0.05) is 34.6 Å². The van der Waals surface area contributed by atoms with E-state index in [2.05, 4.69) is 54.6 Å². The first-order valence-corrected chi connectivity index (χ1v) is 6.86. The van der Waals surface area contributed by atoms with E-state index in [0.717, 1.165) is 23.4 Å². The lowest BCUT2D eigenvalue weighted by Gasteiger charge is -2.24. The first-order valence-electron chi connectivity index (χ1n) is 6.86. The molecule has 0 radical (unpaired) electrons. The van der Waals surface area contributed by atoms with Gasteiger partial charge in [-0.3, -0.25) is 0 Å². The molecule has 0 amide bonds. The second kappa shape index (κ2) is 5.27. The fourth-order valence-electron chi connectivity index (χ4n) is 2.09. The van der Waals surface area contributed by atoms with Crippen LogP contribution in [0.15, 0.2) is 31.1 Å². The van der Waals surface area contributed by atoms with E-state index in [-0.39, 0.29) is 10.8 Å². The minimum absolute atomic E-state index is 0.0126. The number of rotatable bonds is 3. The zero-order valence-electron chi connectivity index (χ0n) is 12.9. The van der Waals surface area contributed by atoms with E-state index in [1.165, 1.54) is 0 Å². The summed E-state index contributed by atoms with van der Waals surface area (Å²) in [7, 11) is 0. The third-order valence-electron chi connectivity index (χ3n) is 3.36. The van der Waals surface area contributed by atoms with E-state index in [9.17, 15) is 0 Å². The molecule has 2 heterocycles. The fourth-order valence-corrected chi connectivity index (χ4v) is 2.09. The molecule has 2 aromatic rings. The molecular weight excluding hydrogens is 248 g/mol. The van der Waals surface area contributed by atoms with E-state index >= 15 is 0 Å². The Morgan fingerprint density at radius 1 is 0.850 bits per heavy atom. The van der Waals surface area contributed by atoms with Crippen molar-refractivity contribution in [2.75, 3.05) is 0 Å². The average molecular weight is 270 g/mol. The van der Waals surface area contributed by atoms with Gasteiger partial charge in [-0.25, -0.2) is 19.9 Å². The Morgan fingerprint density at radius 3 is 1.90 bits per heavy atom. The van der Waals surface area contributed by atoms with E-state index in [1.807, 2.05) is 24.8 Å². The summed E-state index contributed by atoms with van der Waals surface area (Å²) in [5.74, 6) is 0.877. The molecule has 0 aliphatic rings. The van der Waals surface area contributed by atoms with Crippen LogP contribution in [0.2, 0.25) is 0 Å². The van der Waals surface area contributed by atoms with Crippen molar-refractivity contribution in [3.63, 3.8) is 0 Å². The molecule has 0 aromatic carbocycles. The largest absolute Gasteiger partial charge is 0.245 e. The SMILES string of the molecule is CC(C)(C)c1ncc(CC(C)(C)c2cncnc2)cn1. The van der Waals surface area contributed by atoms with Gasteiger partial charge < -0.3 is 0 Å². The van der Waals surface area contributed by atoms with Crippen LogP contribution in [0.4, 0.5) is 0 Å². The maximum Gasteiger partial charge on any atom is 0.133 e. The highest BCUT2D eigenvalue weighted by atomic mass is 14.9. The van der Waals surface area contributed by atoms with E-state index in [0.29, 0.717) is 0 Å². The van der Waals surface area contributed by atoms with Gasteiger partial charge in [-0.15, -0.1) is 0 Å². The van der Waals surface area contributed by atoms with Crippen molar-refractivity contribution in [3.8, 4) is 0 Å². The molecule has 0 fully saturated rings. The van der Waals surface area contributed by atoms with Crippen molar-refractivity contribution in [2.45, 2.75) is 51.9 Å². The molecule has 0 aliphatic heterocycles. The molecule has 0 unspecified atom stereocenters. The molecule has 0 saturated carbocycles. The van der Waals surface area contributed by atoms with Crippen LogP contribution in [0.5, 0.6) is 0 Å². The Morgan fingerprint density at radius 2 is 1.40 bits per heavy atom. The van der Waals surface area contributed by atoms with Gasteiger partial charge >= 0.3 is 0 Å². The van der Waals surface area contributed by atoms with Crippen LogP contribution in [0.3, 0.4) is 0 Å². The fraction of sp³-hybridized carbons (Fsp3) is 0.500. The van der Waals surface area contributed by atoms with Gasteiger partial charge in [0.2, 0.25) is 0 Å². The molecular formula is C16H22N4. The summed E-state index contributed by atoms with van der Waals surface area (Å²) >= 11 is 0. The molecule has 20 heavy (non-hydrogen) atoms. The molecule has 2 rings (SSSR count). The van der Waals surface area contributed by atoms with Crippen LogP contribution in [0.25, 0.3) is 0 Å². The summed E-state index contributed by atoms with van der Waals surface area (Å²) in [6.45, 7) is 10.7. The Hall–Kier alpha value is -1.84. The second-order valence-electron chi connectivity index (χ2n) is 6.85. The van der Waals surface area contributed by atoms with Crippen molar-refractivity contribution in [2.24, 2.45) is 0 Å². The van der Waals surface area contributed by atoms with Gasteiger partial charge in [0, 0.05) is 30.2 Å². The summed E-state index contributed by atoms with van der Waals surface area (Å²) in [6, 6.07) is 0. The van der Waals surface area contributed by atoms with E-state index in [1.54, 1.807) is 6.33 Å². The molecule has 0 saturated heterocycles. The molecule has 0 atom stereocenters. The van der Waals surface area contributed by atoms with E-state index in [4.69, 9.17) is 0 Å². The van der Waals surface area contributed by atoms with Gasteiger partial charge in [-0.2, -0.15) is 0 Å². The third-order valence-corrected chi connectivity index (χ3v) is 3.36. The minimum Gasteiger partial charge on any atom is -0.245 e. The van der Waals surface area contributed by atoms with Crippen molar-refractivity contribution >= 4 is 0 Å². The van der Waals surface area contributed by atoms with Gasteiger partial charge in [0.05, 0.1) is 0 Å². The Bertz CT molecular complexity index is 553. The summed E-state index contributed by atoms with van der Waals surface area (Å²) in [5, 5.41) is 0. The second-order valence-corrected chi connectivity index (χ2v) is 6.85. The molecule has 0 spiro atoms. The predicted molar refractivity (Wildman–Crippen MR) is 79.5 cm³/mol. The number of hydrogen-bond donors (Lipinski definition) is 0. The Balaban J connectivity index is 2.18. The molecule has 2 aromatic heterocycles. The molecule has 0 aliphatic carbocycles. The smallest absolute Gasteiger partial charge is 0.133 e. The zero-order valence-corrected chi connectivity index (χ0v) is 12.9. The summed E-state index contributed by atoms with van der Waals surface area (Å²) in [5.41, 5.74) is 2.21. The van der Waals surface area contributed by atoms with Crippen molar-refractivity contribution in [1.82, 2.24) is 19.9 Å². The Kier molecular flexibility index (Phi) is 3.84.